The van der Waals surface area contributed by atoms with E-state index in [0.29, 0.717) is 12.8 Å². The fourth-order valence-electron chi connectivity index (χ4n) is 3.65. The molecular weight excluding hydrogens is 240 g/mol. The predicted molar refractivity (Wildman–Crippen MR) is 72.4 cm³/mol. The van der Waals surface area contributed by atoms with Gasteiger partial charge in [0.05, 0.1) is 0 Å². The first-order chi connectivity index (χ1) is 9.40. The van der Waals surface area contributed by atoms with Gasteiger partial charge in [0.15, 0.2) is 11.5 Å². The molecule has 0 aromatic heterocycles. The summed E-state index contributed by atoms with van der Waals surface area (Å²) in [6.45, 7) is 3.65. The third-order valence-electron chi connectivity index (χ3n) is 4.58. The summed E-state index contributed by atoms with van der Waals surface area (Å²) < 4.78 is 10.8. The van der Waals surface area contributed by atoms with Crippen molar-refractivity contribution in [3.63, 3.8) is 0 Å². The van der Waals surface area contributed by atoms with Gasteiger partial charge in [0.1, 0.15) is 0 Å². The molecule has 1 aliphatic carbocycles. The normalized spacial score (nSPS) is 29.5. The number of piperazine rings is 1. The van der Waals surface area contributed by atoms with Crippen molar-refractivity contribution in [3.8, 4) is 11.5 Å². The van der Waals surface area contributed by atoms with Crippen molar-refractivity contribution >= 4 is 0 Å². The minimum absolute atomic E-state index is 0.358. The number of rotatable bonds is 2. The zero-order valence-electron chi connectivity index (χ0n) is 11.1. The largest absolute Gasteiger partial charge is 0.454 e. The monoisotopic (exact) mass is 260 g/mol. The second-order valence-corrected chi connectivity index (χ2v) is 5.72. The highest BCUT2D eigenvalue weighted by atomic mass is 16.7. The first kappa shape index (κ1) is 11.6. The number of hydrogen-bond donors (Lipinski definition) is 1. The number of benzene rings is 1. The smallest absolute Gasteiger partial charge is 0.231 e. The van der Waals surface area contributed by atoms with E-state index < -0.39 is 0 Å². The molecule has 4 rings (SSSR count). The van der Waals surface area contributed by atoms with Crippen LogP contribution in [0, 0.1) is 0 Å². The third-order valence-corrected chi connectivity index (χ3v) is 4.58. The van der Waals surface area contributed by atoms with E-state index >= 15 is 0 Å². The van der Waals surface area contributed by atoms with Crippen LogP contribution in [0.1, 0.15) is 24.8 Å². The average molecular weight is 260 g/mol. The Kier molecular flexibility index (Phi) is 2.85. The molecule has 4 heteroatoms. The lowest BCUT2D eigenvalue weighted by atomic mass is 10.1. The summed E-state index contributed by atoms with van der Waals surface area (Å²) in [6, 6.07) is 7.77. The van der Waals surface area contributed by atoms with E-state index in [1.54, 1.807) is 0 Å². The molecule has 2 atom stereocenters. The van der Waals surface area contributed by atoms with Crippen LogP contribution in [0.4, 0.5) is 0 Å². The van der Waals surface area contributed by atoms with Gasteiger partial charge in [0, 0.05) is 31.7 Å². The fourth-order valence-corrected chi connectivity index (χ4v) is 3.65. The van der Waals surface area contributed by atoms with Gasteiger partial charge in [0.2, 0.25) is 6.79 Å². The van der Waals surface area contributed by atoms with Gasteiger partial charge in [-0.3, -0.25) is 4.90 Å². The van der Waals surface area contributed by atoms with Crippen molar-refractivity contribution in [2.24, 2.45) is 0 Å². The zero-order valence-corrected chi connectivity index (χ0v) is 11.1. The van der Waals surface area contributed by atoms with Crippen molar-refractivity contribution in [2.75, 3.05) is 19.9 Å². The number of ether oxygens (including phenoxy) is 2. The van der Waals surface area contributed by atoms with Crippen LogP contribution in [-0.4, -0.2) is 36.9 Å². The van der Waals surface area contributed by atoms with E-state index in [1.807, 2.05) is 6.07 Å². The number of fused-ring (bicyclic) bond motifs is 2. The lowest BCUT2D eigenvalue weighted by Crippen LogP contribution is -2.54. The Balaban J connectivity index is 1.51. The van der Waals surface area contributed by atoms with Crippen LogP contribution in [0.2, 0.25) is 0 Å². The molecule has 2 aliphatic heterocycles. The van der Waals surface area contributed by atoms with Crippen molar-refractivity contribution < 1.29 is 9.47 Å². The van der Waals surface area contributed by atoms with E-state index in [9.17, 15) is 0 Å². The maximum absolute atomic E-state index is 5.46. The van der Waals surface area contributed by atoms with E-state index in [-0.39, 0.29) is 0 Å². The van der Waals surface area contributed by atoms with Crippen molar-refractivity contribution in [1.82, 2.24) is 10.2 Å². The van der Waals surface area contributed by atoms with Crippen LogP contribution in [0.3, 0.4) is 0 Å². The summed E-state index contributed by atoms with van der Waals surface area (Å²) in [5.41, 5.74) is 1.33. The van der Waals surface area contributed by atoms with E-state index in [0.717, 1.165) is 37.2 Å². The van der Waals surface area contributed by atoms with Crippen molar-refractivity contribution in [2.45, 2.75) is 37.9 Å². The molecule has 19 heavy (non-hydrogen) atoms. The quantitative estimate of drug-likeness (QED) is 0.878. The van der Waals surface area contributed by atoms with Gasteiger partial charge in [-0.2, -0.15) is 0 Å². The van der Waals surface area contributed by atoms with Crippen LogP contribution < -0.4 is 14.8 Å². The van der Waals surface area contributed by atoms with Crippen molar-refractivity contribution in [3.05, 3.63) is 23.8 Å². The lowest BCUT2D eigenvalue weighted by Gasteiger charge is -2.38. The minimum atomic E-state index is 0.358. The molecule has 2 heterocycles. The molecule has 1 saturated carbocycles. The second-order valence-electron chi connectivity index (χ2n) is 5.72. The minimum Gasteiger partial charge on any atom is -0.454 e. The molecule has 1 aromatic carbocycles. The Morgan fingerprint density at radius 2 is 2.16 bits per heavy atom. The highest BCUT2D eigenvalue weighted by Gasteiger charge is 2.34. The Labute approximate surface area is 113 Å². The first-order valence-electron chi connectivity index (χ1n) is 7.26. The Morgan fingerprint density at radius 1 is 1.21 bits per heavy atom. The maximum Gasteiger partial charge on any atom is 0.231 e. The van der Waals surface area contributed by atoms with E-state index in [1.165, 1.54) is 24.8 Å². The van der Waals surface area contributed by atoms with Crippen LogP contribution >= 0.6 is 0 Å². The standard InChI is InChI=1S/C15H20N2O2/c1-2-12-13(3-1)17(7-6-16-12)9-11-4-5-14-15(8-11)19-10-18-14/h4-5,8,12-13,16H,1-3,6-7,9-10H2. The summed E-state index contributed by atoms with van der Waals surface area (Å²) in [5.74, 6) is 1.78. The summed E-state index contributed by atoms with van der Waals surface area (Å²) >= 11 is 0. The molecule has 2 unspecified atom stereocenters. The molecule has 1 saturated heterocycles. The molecule has 1 N–H and O–H groups in total. The summed E-state index contributed by atoms with van der Waals surface area (Å²) in [6.07, 6.45) is 4.03. The maximum atomic E-state index is 5.46. The molecule has 2 fully saturated rings. The predicted octanol–water partition coefficient (Wildman–Crippen LogP) is 1.74. The zero-order chi connectivity index (χ0) is 12.7. The number of hydrogen-bond acceptors (Lipinski definition) is 4. The average Bonchev–Trinajstić information content (AvgIpc) is 3.06. The van der Waals surface area contributed by atoms with Crippen LogP contribution in [0.5, 0.6) is 11.5 Å². The van der Waals surface area contributed by atoms with Crippen LogP contribution in [0.25, 0.3) is 0 Å². The lowest BCUT2D eigenvalue weighted by molar-refractivity contribution is 0.129. The second kappa shape index (κ2) is 4.69. The van der Waals surface area contributed by atoms with Gasteiger partial charge in [-0.25, -0.2) is 0 Å². The molecule has 0 spiro atoms. The van der Waals surface area contributed by atoms with Gasteiger partial charge in [-0.05, 0) is 30.5 Å². The van der Waals surface area contributed by atoms with Gasteiger partial charge < -0.3 is 14.8 Å². The van der Waals surface area contributed by atoms with Gasteiger partial charge in [-0.1, -0.05) is 12.5 Å². The summed E-state index contributed by atoms with van der Waals surface area (Å²) in [4.78, 5) is 2.63. The Bertz CT molecular complexity index is 477. The first-order valence-corrected chi connectivity index (χ1v) is 7.26. The SMILES string of the molecule is c1cc2c(cc1CN1CCNC3CCCC31)OCO2. The van der Waals surface area contributed by atoms with E-state index in [2.05, 4.69) is 22.3 Å². The molecule has 3 aliphatic rings. The summed E-state index contributed by atoms with van der Waals surface area (Å²) in [5, 5.41) is 3.65. The molecule has 0 radical (unpaired) electrons. The topological polar surface area (TPSA) is 33.7 Å². The fraction of sp³-hybridized carbons (Fsp3) is 0.600. The number of nitrogens with zero attached hydrogens (tertiary/aromatic N) is 1. The molecule has 0 amide bonds. The highest BCUT2D eigenvalue weighted by Crippen LogP contribution is 2.34. The highest BCUT2D eigenvalue weighted by molar-refractivity contribution is 5.44. The molecule has 1 aromatic rings. The molecular formula is C15H20N2O2. The third kappa shape index (κ3) is 2.09. The van der Waals surface area contributed by atoms with Gasteiger partial charge in [-0.15, -0.1) is 0 Å². The Morgan fingerprint density at radius 3 is 3.16 bits per heavy atom. The van der Waals surface area contributed by atoms with Gasteiger partial charge in [0.25, 0.3) is 0 Å². The van der Waals surface area contributed by atoms with Crippen LogP contribution in [0.15, 0.2) is 18.2 Å². The molecule has 4 nitrogen and oxygen atoms in total. The van der Waals surface area contributed by atoms with Crippen LogP contribution in [-0.2, 0) is 6.54 Å². The molecule has 102 valence electrons. The van der Waals surface area contributed by atoms with Crippen molar-refractivity contribution in [1.29, 1.82) is 0 Å². The number of nitrogens with one attached hydrogen (secondary N) is 1. The van der Waals surface area contributed by atoms with Gasteiger partial charge >= 0.3 is 0 Å². The van der Waals surface area contributed by atoms with E-state index in [4.69, 9.17) is 9.47 Å². The molecule has 0 bridgehead atoms. The summed E-state index contributed by atoms with van der Waals surface area (Å²) in [7, 11) is 0. The Hall–Kier alpha value is -1.26.